The third kappa shape index (κ3) is 10.2. The maximum absolute atomic E-state index is 11.8. The van der Waals surface area contributed by atoms with Gasteiger partial charge in [-0.3, -0.25) is 19.3 Å². The van der Waals surface area contributed by atoms with E-state index in [0.717, 1.165) is 19.4 Å². The molecule has 0 saturated carbocycles. The molecule has 0 bridgehead atoms. The van der Waals surface area contributed by atoms with E-state index in [-0.39, 0.29) is 43.6 Å². The molecule has 0 N–H and O–H groups in total. The number of esters is 3. The van der Waals surface area contributed by atoms with Crippen molar-refractivity contribution in [1.82, 2.24) is 4.90 Å². The number of nitrogens with zero attached hydrogens (tertiary/aromatic N) is 1. The van der Waals surface area contributed by atoms with Gasteiger partial charge in [0.15, 0.2) is 0 Å². The molecule has 1 unspecified atom stereocenters. The Labute approximate surface area is 142 Å². The molecule has 8 heteroatoms. The van der Waals surface area contributed by atoms with Crippen molar-refractivity contribution in [2.45, 2.75) is 39.2 Å². The van der Waals surface area contributed by atoms with Gasteiger partial charge in [0, 0.05) is 40.1 Å². The van der Waals surface area contributed by atoms with Gasteiger partial charge < -0.3 is 18.9 Å². The van der Waals surface area contributed by atoms with E-state index in [9.17, 15) is 14.4 Å². The van der Waals surface area contributed by atoms with Crippen LogP contribution in [0.5, 0.6) is 0 Å². The molecule has 1 saturated heterocycles. The molecule has 0 amide bonds. The Bertz CT molecular complexity index is 387. The summed E-state index contributed by atoms with van der Waals surface area (Å²) in [6.45, 7) is 5.49. The van der Waals surface area contributed by atoms with E-state index in [4.69, 9.17) is 18.9 Å². The predicted octanol–water partition coefficient (Wildman–Crippen LogP) is 0.527. The number of ether oxygens (including phenoxy) is 4. The summed E-state index contributed by atoms with van der Waals surface area (Å²) in [5, 5.41) is 0. The van der Waals surface area contributed by atoms with Crippen molar-refractivity contribution in [2.24, 2.45) is 0 Å². The lowest BCUT2D eigenvalue weighted by Crippen LogP contribution is -2.34. The Balaban J connectivity index is 2.25. The van der Waals surface area contributed by atoms with Crippen molar-refractivity contribution >= 4 is 17.9 Å². The van der Waals surface area contributed by atoms with E-state index < -0.39 is 0 Å². The minimum Gasteiger partial charge on any atom is -0.465 e. The van der Waals surface area contributed by atoms with Crippen LogP contribution in [0.4, 0.5) is 0 Å². The molecule has 0 aromatic rings. The first-order valence-corrected chi connectivity index (χ1v) is 8.23. The van der Waals surface area contributed by atoms with E-state index in [1.165, 1.54) is 13.8 Å². The highest BCUT2D eigenvalue weighted by Gasteiger charge is 2.18. The van der Waals surface area contributed by atoms with Crippen LogP contribution in [0.3, 0.4) is 0 Å². The summed E-state index contributed by atoms with van der Waals surface area (Å²) in [5.41, 5.74) is 0. The first kappa shape index (κ1) is 20.4. The zero-order chi connectivity index (χ0) is 17.8. The molecule has 0 radical (unpaired) electrons. The Kier molecular flexibility index (Phi) is 10.0. The van der Waals surface area contributed by atoms with Gasteiger partial charge in [-0.15, -0.1) is 0 Å². The van der Waals surface area contributed by atoms with Crippen LogP contribution in [-0.2, 0) is 33.3 Å². The summed E-state index contributed by atoms with van der Waals surface area (Å²) in [6, 6.07) is 0. The second-order valence-corrected chi connectivity index (χ2v) is 5.59. The lowest BCUT2D eigenvalue weighted by atomic mass is 10.2. The van der Waals surface area contributed by atoms with Gasteiger partial charge >= 0.3 is 17.9 Å². The predicted molar refractivity (Wildman–Crippen MR) is 84.3 cm³/mol. The smallest absolute Gasteiger partial charge is 0.307 e. The number of hydrogen-bond acceptors (Lipinski definition) is 8. The molecule has 0 aromatic heterocycles. The number of rotatable bonds is 11. The van der Waals surface area contributed by atoms with Gasteiger partial charge in [-0.05, 0) is 12.8 Å². The Morgan fingerprint density at radius 3 is 2.12 bits per heavy atom. The fourth-order valence-corrected chi connectivity index (χ4v) is 2.26. The molecule has 1 aliphatic heterocycles. The van der Waals surface area contributed by atoms with E-state index in [0.29, 0.717) is 26.2 Å². The summed E-state index contributed by atoms with van der Waals surface area (Å²) >= 11 is 0. The van der Waals surface area contributed by atoms with Crippen LogP contribution >= 0.6 is 0 Å². The highest BCUT2D eigenvalue weighted by atomic mass is 16.6. The molecular weight excluding hydrogens is 318 g/mol. The van der Waals surface area contributed by atoms with Crippen LogP contribution in [0.25, 0.3) is 0 Å². The van der Waals surface area contributed by atoms with E-state index >= 15 is 0 Å². The summed E-state index contributed by atoms with van der Waals surface area (Å²) in [6.07, 6.45) is 2.15. The number of carbonyl (C=O) groups is 3. The molecule has 0 spiro atoms. The van der Waals surface area contributed by atoms with Gasteiger partial charge in [0.25, 0.3) is 0 Å². The van der Waals surface area contributed by atoms with E-state index in [2.05, 4.69) is 0 Å². The Morgan fingerprint density at radius 2 is 1.62 bits per heavy atom. The van der Waals surface area contributed by atoms with Crippen molar-refractivity contribution in [3.63, 3.8) is 0 Å². The quantitative estimate of drug-likeness (QED) is 0.395. The minimum atomic E-state index is -0.356. The zero-order valence-corrected chi connectivity index (χ0v) is 14.5. The van der Waals surface area contributed by atoms with Gasteiger partial charge in [0.2, 0.25) is 0 Å². The second kappa shape index (κ2) is 11.8. The standard InChI is InChI=1S/C16H27NO7/c1-13(18)21-10-7-17(8-11-22-14(2)19)6-5-16(20)24-12-15-4-3-9-23-15/h15H,3-12H2,1-2H3. The van der Waals surface area contributed by atoms with Crippen LogP contribution in [0, 0.1) is 0 Å². The molecule has 1 fully saturated rings. The summed E-state index contributed by atoms with van der Waals surface area (Å²) in [5.74, 6) is -1.01. The average Bonchev–Trinajstić information content (AvgIpc) is 3.02. The zero-order valence-electron chi connectivity index (χ0n) is 14.5. The van der Waals surface area contributed by atoms with Crippen LogP contribution in [-0.4, -0.2) is 75.0 Å². The molecule has 0 aromatic carbocycles. The van der Waals surface area contributed by atoms with E-state index in [1.807, 2.05) is 4.90 Å². The fourth-order valence-electron chi connectivity index (χ4n) is 2.26. The third-order valence-corrected chi connectivity index (χ3v) is 3.51. The molecule has 1 rings (SSSR count). The molecule has 1 atom stereocenters. The summed E-state index contributed by atoms with van der Waals surface area (Å²) in [4.78, 5) is 35.3. The van der Waals surface area contributed by atoms with Crippen molar-refractivity contribution in [1.29, 1.82) is 0 Å². The Morgan fingerprint density at radius 1 is 1.00 bits per heavy atom. The highest BCUT2D eigenvalue weighted by molar-refractivity contribution is 5.69. The average molecular weight is 345 g/mol. The van der Waals surface area contributed by atoms with Crippen LogP contribution in [0.1, 0.15) is 33.1 Å². The SMILES string of the molecule is CC(=O)OCCN(CCOC(C)=O)CCC(=O)OCC1CCCO1. The first-order valence-electron chi connectivity index (χ1n) is 8.23. The maximum atomic E-state index is 11.8. The van der Waals surface area contributed by atoms with Crippen LogP contribution < -0.4 is 0 Å². The normalized spacial score (nSPS) is 16.9. The van der Waals surface area contributed by atoms with Gasteiger partial charge in [-0.1, -0.05) is 0 Å². The van der Waals surface area contributed by atoms with Gasteiger partial charge in [0.1, 0.15) is 19.8 Å². The highest BCUT2D eigenvalue weighted by Crippen LogP contribution is 2.12. The molecular formula is C16H27NO7. The molecule has 24 heavy (non-hydrogen) atoms. The topological polar surface area (TPSA) is 91.4 Å². The number of carbonyl (C=O) groups excluding carboxylic acids is 3. The second-order valence-electron chi connectivity index (χ2n) is 5.59. The monoisotopic (exact) mass is 345 g/mol. The van der Waals surface area contributed by atoms with Crippen molar-refractivity contribution in [3.8, 4) is 0 Å². The fraction of sp³-hybridized carbons (Fsp3) is 0.812. The summed E-state index contributed by atoms with van der Waals surface area (Å²) < 4.78 is 20.4. The lowest BCUT2D eigenvalue weighted by Gasteiger charge is -2.21. The summed E-state index contributed by atoms with van der Waals surface area (Å²) in [7, 11) is 0. The molecule has 8 nitrogen and oxygen atoms in total. The van der Waals surface area contributed by atoms with Gasteiger partial charge in [-0.25, -0.2) is 0 Å². The largest absolute Gasteiger partial charge is 0.465 e. The van der Waals surface area contributed by atoms with Gasteiger partial charge in [0.05, 0.1) is 12.5 Å². The minimum absolute atomic E-state index is 0.0120. The lowest BCUT2D eigenvalue weighted by molar-refractivity contribution is -0.148. The third-order valence-electron chi connectivity index (χ3n) is 3.51. The maximum Gasteiger partial charge on any atom is 0.307 e. The molecule has 0 aliphatic carbocycles. The Hall–Kier alpha value is -1.67. The van der Waals surface area contributed by atoms with Crippen molar-refractivity contribution in [3.05, 3.63) is 0 Å². The number of hydrogen-bond donors (Lipinski definition) is 0. The van der Waals surface area contributed by atoms with Crippen LogP contribution in [0.2, 0.25) is 0 Å². The molecule has 1 heterocycles. The molecule has 1 aliphatic rings. The van der Waals surface area contributed by atoms with Gasteiger partial charge in [-0.2, -0.15) is 0 Å². The van der Waals surface area contributed by atoms with Crippen molar-refractivity contribution in [2.75, 3.05) is 46.1 Å². The molecule has 138 valence electrons. The van der Waals surface area contributed by atoms with Crippen molar-refractivity contribution < 1.29 is 33.3 Å². The van der Waals surface area contributed by atoms with E-state index in [1.54, 1.807) is 0 Å². The first-order chi connectivity index (χ1) is 11.5. The van der Waals surface area contributed by atoms with Crippen LogP contribution in [0.15, 0.2) is 0 Å².